The van der Waals surface area contributed by atoms with Gasteiger partial charge in [-0.05, 0) is 46.0 Å². The van der Waals surface area contributed by atoms with Crippen molar-refractivity contribution in [2.24, 2.45) is 0 Å². The molecule has 5 heteroatoms. The number of nitriles is 1. The van der Waals surface area contributed by atoms with E-state index in [1.165, 1.54) is 12.1 Å². The summed E-state index contributed by atoms with van der Waals surface area (Å²) in [4.78, 5) is 11.1. The van der Waals surface area contributed by atoms with E-state index in [0.717, 1.165) is 33.4 Å². The molecule has 0 aliphatic rings. The van der Waals surface area contributed by atoms with Crippen LogP contribution in [0.3, 0.4) is 0 Å². The van der Waals surface area contributed by atoms with Crippen LogP contribution in [-0.2, 0) is 6.42 Å². The molecule has 0 fully saturated rings. The van der Waals surface area contributed by atoms with Gasteiger partial charge in [0.25, 0.3) is 5.69 Å². The lowest BCUT2D eigenvalue weighted by Gasteiger charge is -2.13. The standard InChI is InChI=1S/C22H14N2O2S/c1-2-15-5-9-19(20-10-8-18(24(25)26)14-22(20)27)21(13-15)17-6-3-16(4-7-17)11-12-23/h1,3-10,13-14,27H,11H2. The predicted molar refractivity (Wildman–Crippen MR) is 108 cm³/mol. The Hall–Kier alpha value is -3.54. The van der Waals surface area contributed by atoms with E-state index in [4.69, 9.17) is 11.7 Å². The minimum Gasteiger partial charge on any atom is -0.258 e. The van der Waals surface area contributed by atoms with Crippen molar-refractivity contribution in [2.45, 2.75) is 11.3 Å². The topological polar surface area (TPSA) is 66.9 Å². The highest BCUT2D eigenvalue weighted by Gasteiger charge is 2.14. The highest BCUT2D eigenvalue weighted by atomic mass is 32.1. The Morgan fingerprint density at radius 3 is 2.30 bits per heavy atom. The van der Waals surface area contributed by atoms with Crippen molar-refractivity contribution < 1.29 is 4.92 Å². The van der Waals surface area contributed by atoms with Crippen molar-refractivity contribution in [1.82, 2.24) is 0 Å². The van der Waals surface area contributed by atoms with Gasteiger partial charge in [0.15, 0.2) is 0 Å². The van der Waals surface area contributed by atoms with Crippen LogP contribution in [0.2, 0.25) is 0 Å². The average Bonchev–Trinajstić information content (AvgIpc) is 2.68. The van der Waals surface area contributed by atoms with Gasteiger partial charge in [0.2, 0.25) is 0 Å². The van der Waals surface area contributed by atoms with Crippen molar-refractivity contribution in [1.29, 1.82) is 5.26 Å². The van der Waals surface area contributed by atoms with E-state index in [0.29, 0.717) is 11.3 Å². The van der Waals surface area contributed by atoms with Crippen LogP contribution in [0.5, 0.6) is 0 Å². The van der Waals surface area contributed by atoms with Gasteiger partial charge in [-0.3, -0.25) is 10.1 Å². The summed E-state index contributed by atoms with van der Waals surface area (Å²) >= 11 is 4.45. The molecule has 0 N–H and O–H groups in total. The summed E-state index contributed by atoms with van der Waals surface area (Å²) in [6, 6.07) is 20.0. The fourth-order valence-corrected chi connectivity index (χ4v) is 3.19. The van der Waals surface area contributed by atoms with Gasteiger partial charge in [-0.15, -0.1) is 19.1 Å². The maximum absolute atomic E-state index is 11.0. The van der Waals surface area contributed by atoms with Gasteiger partial charge in [-0.25, -0.2) is 0 Å². The third-order valence-electron chi connectivity index (χ3n) is 4.22. The van der Waals surface area contributed by atoms with Crippen molar-refractivity contribution in [2.75, 3.05) is 0 Å². The highest BCUT2D eigenvalue weighted by Crippen LogP contribution is 2.37. The predicted octanol–water partition coefficient (Wildman–Crippen LogP) is 5.26. The molecule has 0 spiro atoms. The number of thiol groups is 1. The second-order valence-corrected chi connectivity index (χ2v) is 6.38. The van der Waals surface area contributed by atoms with Gasteiger partial charge < -0.3 is 0 Å². The SMILES string of the molecule is C#Cc1ccc(-c2ccc([N+](=O)[O-])cc2S)c(-c2ccc(CC#N)cc2)c1. The van der Waals surface area contributed by atoms with Crippen molar-refractivity contribution in [3.05, 3.63) is 81.9 Å². The first-order valence-corrected chi connectivity index (χ1v) is 8.53. The first-order chi connectivity index (χ1) is 13.0. The van der Waals surface area contributed by atoms with E-state index in [-0.39, 0.29) is 5.69 Å². The van der Waals surface area contributed by atoms with E-state index in [2.05, 4.69) is 24.6 Å². The number of non-ortho nitro benzene ring substituents is 1. The maximum Gasteiger partial charge on any atom is 0.270 e. The third kappa shape index (κ3) is 3.84. The Morgan fingerprint density at radius 2 is 1.70 bits per heavy atom. The molecule has 0 amide bonds. The van der Waals surface area contributed by atoms with Gasteiger partial charge in [-0.2, -0.15) is 5.26 Å². The lowest BCUT2D eigenvalue weighted by atomic mass is 9.92. The number of nitrogens with zero attached hydrogens (tertiary/aromatic N) is 2. The van der Waals surface area contributed by atoms with Gasteiger partial charge in [0.05, 0.1) is 17.4 Å². The summed E-state index contributed by atoms with van der Waals surface area (Å²) < 4.78 is 0. The molecule has 0 saturated carbocycles. The van der Waals surface area contributed by atoms with Crippen LogP contribution in [0.1, 0.15) is 11.1 Å². The summed E-state index contributed by atoms with van der Waals surface area (Å²) in [5.41, 5.74) is 5.16. The van der Waals surface area contributed by atoms with Crippen LogP contribution >= 0.6 is 12.6 Å². The van der Waals surface area contributed by atoms with Crippen LogP contribution in [0, 0.1) is 33.8 Å². The summed E-state index contributed by atoms with van der Waals surface area (Å²) in [6.07, 6.45) is 5.90. The number of nitro groups is 1. The molecular weight excluding hydrogens is 356 g/mol. The van der Waals surface area contributed by atoms with Gasteiger partial charge in [0.1, 0.15) is 0 Å². The molecule has 3 rings (SSSR count). The minimum absolute atomic E-state index is 0.00796. The zero-order chi connectivity index (χ0) is 19.4. The fraction of sp³-hybridized carbons (Fsp3) is 0.0455. The molecule has 3 aromatic rings. The highest BCUT2D eigenvalue weighted by molar-refractivity contribution is 7.80. The lowest BCUT2D eigenvalue weighted by molar-refractivity contribution is -0.385. The first kappa shape index (κ1) is 18.3. The Balaban J connectivity index is 2.16. The van der Waals surface area contributed by atoms with E-state index in [9.17, 15) is 10.1 Å². The average molecular weight is 370 g/mol. The number of hydrogen-bond acceptors (Lipinski definition) is 4. The van der Waals surface area contributed by atoms with Gasteiger partial charge in [-0.1, -0.05) is 36.3 Å². The Kier molecular flexibility index (Phi) is 5.26. The molecule has 0 saturated heterocycles. The molecule has 0 unspecified atom stereocenters. The van der Waals surface area contributed by atoms with Crippen molar-refractivity contribution in [3.8, 4) is 40.7 Å². The quantitative estimate of drug-likeness (QED) is 0.295. The molecule has 4 nitrogen and oxygen atoms in total. The fourth-order valence-electron chi connectivity index (χ4n) is 2.86. The first-order valence-electron chi connectivity index (χ1n) is 8.08. The Labute approximate surface area is 162 Å². The van der Waals surface area contributed by atoms with E-state index < -0.39 is 4.92 Å². The number of benzene rings is 3. The summed E-state index contributed by atoms with van der Waals surface area (Å²) in [5.74, 6) is 2.63. The number of nitro benzene ring substituents is 1. The molecule has 0 heterocycles. The lowest BCUT2D eigenvalue weighted by Crippen LogP contribution is -1.92. The number of hydrogen-bond donors (Lipinski definition) is 1. The van der Waals surface area contributed by atoms with Gasteiger partial charge in [0, 0.05) is 22.6 Å². The number of terminal acetylenes is 1. The van der Waals surface area contributed by atoms with Crippen molar-refractivity contribution >= 4 is 18.3 Å². The number of rotatable bonds is 4. The molecule has 0 bridgehead atoms. The van der Waals surface area contributed by atoms with Crippen LogP contribution in [-0.4, -0.2) is 4.92 Å². The molecule has 0 aromatic heterocycles. The summed E-state index contributed by atoms with van der Waals surface area (Å²) in [5, 5.41) is 19.8. The Morgan fingerprint density at radius 1 is 1.00 bits per heavy atom. The second-order valence-electron chi connectivity index (χ2n) is 5.90. The van der Waals surface area contributed by atoms with E-state index >= 15 is 0 Å². The Bertz CT molecular complexity index is 1110. The molecule has 3 aromatic carbocycles. The van der Waals surface area contributed by atoms with Gasteiger partial charge >= 0.3 is 0 Å². The maximum atomic E-state index is 11.0. The van der Waals surface area contributed by atoms with E-state index in [1.54, 1.807) is 6.07 Å². The van der Waals surface area contributed by atoms with Crippen LogP contribution in [0.4, 0.5) is 5.69 Å². The third-order valence-corrected chi connectivity index (χ3v) is 4.59. The van der Waals surface area contributed by atoms with Crippen LogP contribution < -0.4 is 0 Å². The molecular formula is C22H14N2O2S. The molecule has 130 valence electrons. The van der Waals surface area contributed by atoms with Crippen LogP contribution in [0.25, 0.3) is 22.3 Å². The molecule has 0 radical (unpaired) electrons. The molecule has 0 aliphatic carbocycles. The minimum atomic E-state index is -0.445. The van der Waals surface area contributed by atoms with Crippen LogP contribution in [0.15, 0.2) is 65.6 Å². The molecule has 0 atom stereocenters. The summed E-state index contributed by atoms with van der Waals surface area (Å²) in [7, 11) is 0. The molecule has 0 aliphatic heterocycles. The normalized spacial score (nSPS) is 10.0. The van der Waals surface area contributed by atoms with E-state index in [1.807, 2.05) is 42.5 Å². The molecule has 27 heavy (non-hydrogen) atoms. The zero-order valence-corrected chi connectivity index (χ0v) is 15.1. The zero-order valence-electron chi connectivity index (χ0n) is 14.2. The smallest absolute Gasteiger partial charge is 0.258 e. The van der Waals surface area contributed by atoms with Crippen molar-refractivity contribution in [3.63, 3.8) is 0 Å². The largest absolute Gasteiger partial charge is 0.270 e. The second kappa shape index (κ2) is 7.78. The monoisotopic (exact) mass is 370 g/mol. The summed E-state index contributed by atoms with van der Waals surface area (Å²) in [6.45, 7) is 0.